The minimum Gasteiger partial charge on any atom is -0.271 e. The number of hydrogen-bond acceptors (Lipinski definition) is 5. The van der Waals surface area contributed by atoms with Crippen LogP contribution in [0.15, 0.2) is 11.7 Å². The lowest BCUT2D eigenvalue weighted by Gasteiger charge is -2.25. The molecule has 0 saturated carbocycles. The Kier molecular flexibility index (Phi) is 5.09. The summed E-state index contributed by atoms with van der Waals surface area (Å²) in [5.41, 5.74) is 4.85. The van der Waals surface area contributed by atoms with Gasteiger partial charge in [-0.15, -0.1) is 11.3 Å². The molecule has 1 atom stereocenters. The fourth-order valence-corrected chi connectivity index (χ4v) is 4.06. The fourth-order valence-electron chi connectivity index (χ4n) is 2.18. The lowest BCUT2D eigenvalue weighted by Crippen LogP contribution is -2.38. The molecule has 1 fully saturated rings. The van der Waals surface area contributed by atoms with Crippen LogP contribution in [-0.4, -0.2) is 22.5 Å². The van der Waals surface area contributed by atoms with Gasteiger partial charge in [-0.25, -0.2) is 0 Å². The molecule has 3 nitrogen and oxygen atoms in total. The van der Waals surface area contributed by atoms with Crippen LogP contribution >= 0.6 is 23.1 Å². The Morgan fingerprint density at radius 2 is 2.31 bits per heavy atom. The van der Waals surface area contributed by atoms with E-state index in [9.17, 15) is 0 Å². The van der Waals surface area contributed by atoms with Gasteiger partial charge in [-0.1, -0.05) is 0 Å². The second-order valence-corrected chi connectivity index (χ2v) is 6.52. The molecule has 0 aromatic carbocycles. The van der Waals surface area contributed by atoms with Gasteiger partial charge in [-0.05, 0) is 36.7 Å². The second-order valence-electron chi connectivity index (χ2n) is 4.33. The zero-order chi connectivity index (χ0) is 11.2. The van der Waals surface area contributed by atoms with E-state index in [1.165, 1.54) is 35.6 Å². The molecule has 2 rings (SSSR count). The molecule has 1 aliphatic heterocycles. The van der Waals surface area contributed by atoms with Crippen molar-refractivity contribution in [2.24, 2.45) is 11.8 Å². The molecule has 0 spiro atoms. The maximum atomic E-state index is 5.64. The lowest BCUT2D eigenvalue weighted by atomic mass is 9.93. The highest BCUT2D eigenvalue weighted by atomic mass is 32.2. The summed E-state index contributed by atoms with van der Waals surface area (Å²) in [6.45, 7) is 0. The van der Waals surface area contributed by atoms with Crippen molar-refractivity contribution >= 4 is 23.1 Å². The van der Waals surface area contributed by atoms with Crippen molar-refractivity contribution in [2.75, 3.05) is 11.5 Å². The van der Waals surface area contributed by atoms with Crippen LogP contribution in [-0.2, 0) is 6.42 Å². The quantitative estimate of drug-likeness (QED) is 0.626. The number of nitrogens with one attached hydrogen (secondary N) is 1. The zero-order valence-electron chi connectivity index (χ0n) is 9.39. The van der Waals surface area contributed by atoms with Gasteiger partial charge < -0.3 is 0 Å². The standard InChI is InChI=1S/C11H19N3S2/c12-14-10(6-11-7-13-8-16-11)5-9-1-3-15-4-2-9/h7-10,14H,1-6,12H2. The van der Waals surface area contributed by atoms with Crippen LogP contribution in [0.2, 0.25) is 0 Å². The van der Waals surface area contributed by atoms with E-state index in [1.807, 2.05) is 11.7 Å². The number of thiazole rings is 1. The van der Waals surface area contributed by atoms with Gasteiger partial charge in [0.1, 0.15) is 0 Å². The van der Waals surface area contributed by atoms with Crippen molar-refractivity contribution < 1.29 is 0 Å². The molecule has 5 heteroatoms. The Bertz CT molecular complexity index is 283. The van der Waals surface area contributed by atoms with Crippen LogP contribution in [0, 0.1) is 5.92 Å². The van der Waals surface area contributed by atoms with Gasteiger partial charge in [0.25, 0.3) is 0 Å². The summed E-state index contributed by atoms with van der Waals surface area (Å²) >= 11 is 3.80. The summed E-state index contributed by atoms with van der Waals surface area (Å²) in [7, 11) is 0. The molecule has 1 unspecified atom stereocenters. The predicted octanol–water partition coefficient (Wildman–Crippen LogP) is 2.05. The SMILES string of the molecule is NNC(Cc1cncs1)CC1CCSCC1. The molecular formula is C11H19N3S2. The zero-order valence-corrected chi connectivity index (χ0v) is 11.0. The molecule has 1 aromatic rings. The first-order valence-corrected chi connectivity index (χ1v) is 7.83. The molecule has 0 amide bonds. The Morgan fingerprint density at radius 1 is 1.50 bits per heavy atom. The van der Waals surface area contributed by atoms with Crippen molar-refractivity contribution in [3.05, 3.63) is 16.6 Å². The molecule has 0 radical (unpaired) electrons. The van der Waals surface area contributed by atoms with Gasteiger partial charge >= 0.3 is 0 Å². The third-order valence-electron chi connectivity index (χ3n) is 3.13. The maximum Gasteiger partial charge on any atom is 0.0794 e. The van der Waals surface area contributed by atoms with Crippen LogP contribution in [0.5, 0.6) is 0 Å². The van der Waals surface area contributed by atoms with Gasteiger partial charge in [-0.2, -0.15) is 11.8 Å². The predicted molar refractivity (Wildman–Crippen MR) is 71.6 cm³/mol. The number of rotatable bonds is 5. The monoisotopic (exact) mass is 257 g/mol. The molecule has 0 bridgehead atoms. The van der Waals surface area contributed by atoms with E-state index in [0.717, 1.165) is 12.3 Å². The number of hydrogen-bond donors (Lipinski definition) is 2. The van der Waals surface area contributed by atoms with Gasteiger partial charge in [0.2, 0.25) is 0 Å². The van der Waals surface area contributed by atoms with Crippen molar-refractivity contribution in [1.29, 1.82) is 0 Å². The average molecular weight is 257 g/mol. The van der Waals surface area contributed by atoms with Crippen molar-refractivity contribution in [3.63, 3.8) is 0 Å². The van der Waals surface area contributed by atoms with Crippen LogP contribution in [0.4, 0.5) is 0 Å². The summed E-state index contributed by atoms with van der Waals surface area (Å²) in [6.07, 6.45) is 6.88. The first-order chi connectivity index (χ1) is 7.88. The summed E-state index contributed by atoms with van der Waals surface area (Å²) in [5.74, 6) is 9.14. The molecule has 1 aromatic heterocycles. The highest BCUT2D eigenvalue weighted by molar-refractivity contribution is 7.99. The number of aromatic nitrogens is 1. The smallest absolute Gasteiger partial charge is 0.0794 e. The minimum absolute atomic E-state index is 0.411. The summed E-state index contributed by atoms with van der Waals surface area (Å²) in [4.78, 5) is 5.43. The first-order valence-electron chi connectivity index (χ1n) is 5.79. The van der Waals surface area contributed by atoms with E-state index in [4.69, 9.17) is 5.84 Å². The van der Waals surface area contributed by atoms with Crippen molar-refractivity contribution in [2.45, 2.75) is 31.7 Å². The van der Waals surface area contributed by atoms with E-state index in [0.29, 0.717) is 6.04 Å². The molecule has 2 heterocycles. The van der Waals surface area contributed by atoms with Gasteiger partial charge in [-0.3, -0.25) is 16.3 Å². The average Bonchev–Trinajstić information content (AvgIpc) is 2.82. The molecule has 90 valence electrons. The summed E-state index contributed by atoms with van der Waals surface area (Å²) < 4.78 is 0. The van der Waals surface area contributed by atoms with Gasteiger partial charge in [0, 0.05) is 23.5 Å². The Balaban J connectivity index is 1.80. The normalized spacial score (nSPS) is 19.8. The largest absolute Gasteiger partial charge is 0.271 e. The highest BCUT2D eigenvalue weighted by Crippen LogP contribution is 2.27. The Labute approximate surface area is 105 Å². The Hall–Kier alpha value is -0.100. The Morgan fingerprint density at radius 3 is 2.94 bits per heavy atom. The number of nitrogens with two attached hydrogens (primary N) is 1. The van der Waals surface area contributed by atoms with Crippen LogP contribution < -0.4 is 11.3 Å². The topological polar surface area (TPSA) is 50.9 Å². The van der Waals surface area contributed by atoms with Crippen LogP contribution in [0.3, 0.4) is 0 Å². The lowest BCUT2D eigenvalue weighted by molar-refractivity contribution is 0.366. The van der Waals surface area contributed by atoms with Gasteiger partial charge in [0.05, 0.1) is 5.51 Å². The molecule has 1 aliphatic rings. The van der Waals surface area contributed by atoms with Crippen molar-refractivity contribution in [1.82, 2.24) is 10.4 Å². The number of thioether (sulfide) groups is 1. The minimum atomic E-state index is 0.411. The summed E-state index contributed by atoms with van der Waals surface area (Å²) in [5, 5.41) is 0. The third kappa shape index (κ3) is 3.73. The summed E-state index contributed by atoms with van der Waals surface area (Å²) in [6, 6.07) is 0.411. The van der Waals surface area contributed by atoms with Crippen LogP contribution in [0.25, 0.3) is 0 Å². The number of hydrazine groups is 1. The highest BCUT2D eigenvalue weighted by Gasteiger charge is 2.19. The molecule has 16 heavy (non-hydrogen) atoms. The van der Waals surface area contributed by atoms with E-state index in [-0.39, 0.29) is 0 Å². The molecule has 1 saturated heterocycles. The maximum absolute atomic E-state index is 5.64. The second kappa shape index (κ2) is 6.59. The molecular weight excluding hydrogens is 238 g/mol. The number of nitrogens with zero attached hydrogens (tertiary/aromatic N) is 1. The third-order valence-corrected chi connectivity index (χ3v) is 4.98. The van der Waals surface area contributed by atoms with Crippen LogP contribution in [0.1, 0.15) is 24.1 Å². The van der Waals surface area contributed by atoms with Gasteiger partial charge in [0.15, 0.2) is 0 Å². The van der Waals surface area contributed by atoms with Crippen molar-refractivity contribution in [3.8, 4) is 0 Å². The molecule has 0 aliphatic carbocycles. The molecule has 3 N–H and O–H groups in total. The first kappa shape index (κ1) is 12.4. The van der Waals surface area contributed by atoms with E-state index >= 15 is 0 Å². The van der Waals surface area contributed by atoms with E-state index in [1.54, 1.807) is 11.3 Å². The van der Waals surface area contributed by atoms with E-state index < -0.39 is 0 Å². The fraction of sp³-hybridized carbons (Fsp3) is 0.727. The van der Waals surface area contributed by atoms with E-state index in [2.05, 4.69) is 22.2 Å².